The highest BCUT2D eigenvalue weighted by Crippen LogP contribution is 2.53. The number of nitriles is 1. The Balaban J connectivity index is 1.54. The van der Waals surface area contributed by atoms with Gasteiger partial charge in [0.05, 0.1) is 35.0 Å². The molecule has 0 aliphatic rings. The fraction of sp³-hybridized carbons (Fsp3) is 0.0455. The summed E-state index contributed by atoms with van der Waals surface area (Å²) in [5, 5.41) is 13.6. The lowest BCUT2D eigenvalue weighted by atomic mass is 9.97. The van der Waals surface area contributed by atoms with Crippen molar-refractivity contribution in [2.24, 2.45) is 0 Å². The van der Waals surface area contributed by atoms with Crippen LogP contribution < -0.4 is 9.80 Å². The average molecular weight is 631 g/mol. The van der Waals surface area contributed by atoms with Gasteiger partial charge in [0.25, 0.3) is 0 Å². The monoisotopic (exact) mass is 630 g/mol. The first-order valence-corrected chi connectivity index (χ1v) is 16.1. The van der Waals surface area contributed by atoms with Crippen LogP contribution in [0.25, 0.3) is 37.6 Å². The summed E-state index contributed by atoms with van der Waals surface area (Å²) in [4.78, 5) is 8.17. The Labute approximate surface area is 284 Å². The van der Waals surface area contributed by atoms with Crippen molar-refractivity contribution in [2.75, 3.05) is 9.80 Å². The first kappa shape index (κ1) is 29.6. The average Bonchev–Trinajstić information content (AvgIpc) is 3.54. The molecule has 8 rings (SSSR count). The number of hydrogen-bond donors (Lipinski definition) is 0. The highest BCUT2D eigenvalue weighted by molar-refractivity contribution is 6.28. The Bertz CT molecular complexity index is 2570. The van der Waals surface area contributed by atoms with E-state index >= 15 is 0 Å². The van der Waals surface area contributed by atoms with E-state index in [4.69, 9.17) is 11.0 Å². The minimum Gasteiger partial charge on any atom is -0.454 e. The van der Waals surface area contributed by atoms with Crippen molar-refractivity contribution < 1.29 is 4.42 Å². The van der Waals surface area contributed by atoms with E-state index in [-0.39, 0.29) is 0 Å². The van der Waals surface area contributed by atoms with Crippen molar-refractivity contribution in [1.29, 1.82) is 5.26 Å². The molecule has 49 heavy (non-hydrogen) atoms. The van der Waals surface area contributed by atoms with Gasteiger partial charge < -0.3 is 14.2 Å². The van der Waals surface area contributed by atoms with Crippen LogP contribution in [-0.4, -0.2) is 0 Å². The van der Waals surface area contributed by atoms with E-state index in [9.17, 15) is 5.26 Å². The summed E-state index contributed by atoms with van der Waals surface area (Å²) in [7, 11) is 0. The van der Waals surface area contributed by atoms with Gasteiger partial charge in [-0.3, -0.25) is 0 Å². The van der Waals surface area contributed by atoms with Gasteiger partial charge in [-0.2, -0.15) is 5.26 Å². The minimum absolute atomic E-state index is 0.586. The van der Waals surface area contributed by atoms with Gasteiger partial charge in [0.1, 0.15) is 5.58 Å². The highest BCUT2D eigenvalue weighted by Gasteiger charge is 2.29. The van der Waals surface area contributed by atoms with Crippen molar-refractivity contribution in [1.82, 2.24) is 0 Å². The molecule has 0 saturated carbocycles. The Morgan fingerprint density at radius 2 is 1.00 bits per heavy atom. The zero-order chi connectivity index (χ0) is 33.5. The summed E-state index contributed by atoms with van der Waals surface area (Å²) >= 11 is 0. The van der Waals surface area contributed by atoms with E-state index in [1.54, 1.807) is 0 Å². The molecule has 232 valence electrons. The van der Waals surface area contributed by atoms with Gasteiger partial charge in [-0.1, -0.05) is 90.0 Å². The molecule has 5 nitrogen and oxygen atoms in total. The van der Waals surface area contributed by atoms with Crippen molar-refractivity contribution >= 4 is 72.5 Å². The van der Waals surface area contributed by atoms with Gasteiger partial charge in [-0.25, -0.2) is 4.85 Å². The smallest absolute Gasteiger partial charge is 0.187 e. The van der Waals surface area contributed by atoms with Crippen LogP contribution in [0.1, 0.15) is 16.7 Å². The number of nitrogens with zero attached hydrogens (tertiary/aromatic N) is 4. The molecule has 0 unspecified atom stereocenters. The molecule has 0 aliphatic carbocycles. The predicted octanol–water partition coefficient (Wildman–Crippen LogP) is 12.7. The summed E-state index contributed by atoms with van der Waals surface area (Å²) < 4.78 is 6.94. The van der Waals surface area contributed by atoms with Crippen LogP contribution in [0.15, 0.2) is 150 Å². The summed E-state index contributed by atoms with van der Waals surface area (Å²) in [6, 6.07) is 51.4. The second-order valence-corrected chi connectivity index (χ2v) is 12.2. The van der Waals surface area contributed by atoms with E-state index in [2.05, 4.69) is 119 Å². The third-order valence-electron chi connectivity index (χ3n) is 9.01. The summed E-state index contributed by atoms with van der Waals surface area (Å²) in [6.45, 7) is 11.8. The van der Waals surface area contributed by atoms with Crippen molar-refractivity contribution in [3.63, 3.8) is 0 Å². The Morgan fingerprint density at radius 3 is 1.53 bits per heavy atom. The number of benzene rings is 7. The molecule has 1 heterocycles. The molecule has 1 aromatic heterocycles. The summed E-state index contributed by atoms with van der Waals surface area (Å²) in [5.74, 6) is 0. The third kappa shape index (κ3) is 5.11. The van der Waals surface area contributed by atoms with E-state index in [1.165, 1.54) is 5.56 Å². The van der Waals surface area contributed by atoms with Crippen LogP contribution in [0.4, 0.5) is 39.8 Å². The lowest BCUT2D eigenvalue weighted by molar-refractivity contribution is 0.669. The van der Waals surface area contributed by atoms with Crippen molar-refractivity contribution in [3.05, 3.63) is 174 Å². The minimum atomic E-state index is 0.586. The number of hydrogen-bond acceptors (Lipinski definition) is 4. The van der Waals surface area contributed by atoms with Gasteiger partial charge in [-0.05, 0) is 80.6 Å². The highest BCUT2D eigenvalue weighted by atomic mass is 16.3. The van der Waals surface area contributed by atoms with Crippen LogP contribution in [0.3, 0.4) is 0 Å². The molecule has 8 aromatic rings. The molecule has 0 aliphatic heterocycles. The second kappa shape index (κ2) is 12.1. The van der Waals surface area contributed by atoms with Gasteiger partial charge in [0, 0.05) is 38.9 Å². The fourth-order valence-electron chi connectivity index (χ4n) is 6.62. The molecule has 0 N–H and O–H groups in total. The van der Waals surface area contributed by atoms with E-state index in [0.717, 1.165) is 72.4 Å². The Kier molecular flexibility index (Phi) is 7.29. The van der Waals surface area contributed by atoms with Crippen LogP contribution in [0.2, 0.25) is 0 Å². The number of furan rings is 1. The van der Waals surface area contributed by atoms with E-state index < -0.39 is 0 Å². The molecular weight excluding hydrogens is 601 g/mol. The number of fused-ring (bicyclic) bond motifs is 4. The van der Waals surface area contributed by atoms with E-state index in [1.807, 2.05) is 60.7 Å². The maximum atomic E-state index is 9.61. The fourth-order valence-corrected chi connectivity index (χ4v) is 6.62. The van der Waals surface area contributed by atoms with Gasteiger partial charge in [-0.15, -0.1) is 0 Å². The summed E-state index contributed by atoms with van der Waals surface area (Å²) in [6.07, 6.45) is 0. The first-order chi connectivity index (χ1) is 24.0. The summed E-state index contributed by atoms with van der Waals surface area (Å²) in [5.41, 5.74) is 10.7. The van der Waals surface area contributed by atoms with Crippen LogP contribution in [0, 0.1) is 31.8 Å². The molecule has 0 bridgehead atoms. The topological polar surface area (TPSA) is 47.8 Å². The number of para-hydroxylation sites is 1. The third-order valence-corrected chi connectivity index (χ3v) is 9.01. The number of rotatable bonds is 6. The molecule has 0 amide bonds. The number of aryl methyl sites for hydroxylation is 2. The molecule has 0 spiro atoms. The molecule has 0 atom stereocenters. The lowest BCUT2D eigenvalue weighted by Gasteiger charge is -2.31. The van der Waals surface area contributed by atoms with Gasteiger partial charge in [0.15, 0.2) is 11.3 Å². The standard InChI is InChI=1S/C44H30N4O/c1-29-12-20-33(21-13-29)47(36-26-18-32(46-3)19-27-36)42-37-8-4-5-9-38(37)43(44-41(42)39-10-6-7-11-40(39)49-44)48(34-22-14-30(2)15-23-34)35-24-16-31(28-45)17-25-35/h4-27H,1-2H3. The van der Waals surface area contributed by atoms with Crippen LogP contribution >= 0.6 is 0 Å². The van der Waals surface area contributed by atoms with Crippen molar-refractivity contribution in [3.8, 4) is 6.07 Å². The normalized spacial score (nSPS) is 11.0. The molecule has 7 aromatic carbocycles. The molecule has 0 saturated heterocycles. The maximum absolute atomic E-state index is 9.61. The predicted molar refractivity (Wildman–Crippen MR) is 201 cm³/mol. The SMILES string of the molecule is [C-]#[N+]c1ccc(N(c2ccc(C)cc2)c2c3ccccc3c(N(c3ccc(C)cc3)c3ccc(C#N)cc3)c3oc4ccccc4c23)cc1. The quantitative estimate of drug-likeness (QED) is 0.135. The largest absolute Gasteiger partial charge is 0.454 e. The van der Waals surface area contributed by atoms with E-state index in [0.29, 0.717) is 11.3 Å². The zero-order valence-corrected chi connectivity index (χ0v) is 27.1. The van der Waals surface area contributed by atoms with Crippen LogP contribution in [-0.2, 0) is 0 Å². The van der Waals surface area contributed by atoms with Gasteiger partial charge >= 0.3 is 0 Å². The molecule has 0 radical (unpaired) electrons. The van der Waals surface area contributed by atoms with Gasteiger partial charge in [0.2, 0.25) is 0 Å². The Morgan fingerprint density at radius 1 is 0.551 bits per heavy atom. The molecular formula is C44H30N4O. The van der Waals surface area contributed by atoms with Crippen LogP contribution in [0.5, 0.6) is 0 Å². The first-order valence-electron chi connectivity index (χ1n) is 16.1. The Hall–Kier alpha value is -6.82. The lowest BCUT2D eigenvalue weighted by Crippen LogP contribution is -2.14. The maximum Gasteiger partial charge on any atom is 0.187 e. The molecule has 0 fully saturated rings. The second-order valence-electron chi connectivity index (χ2n) is 12.2. The van der Waals surface area contributed by atoms with Crippen molar-refractivity contribution in [2.45, 2.75) is 13.8 Å². The molecule has 5 heteroatoms. The zero-order valence-electron chi connectivity index (χ0n) is 27.1. The number of anilines is 6.